The number of hydrogen-bond acceptors (Lipinski definition) is 10. The third-order valence-corrected chi connectivity index (χ3v) is 8.89. The molecule has 1 amide bonds. The van der Waals surface area contributed by atoms with Crippen LogP contribution in [0.4, 0.5) is 16.0 Å². The lowest BCUT2D eigenvalue weighted by atomic mass is 9.96. The first kappa shape index (κ1) is 25.8. The average molecular weight is 555 g/mol. The molecule has 4 heterocycles. The van der Waals surface area contributed by atoms with E-state index in [-0.39, 0.29) is 30.8 Å². The number of aliphatic carboxylic acids is 1. The van der Waals surface area contributed by atoms with E-state index in [4.69, 9.17) is 5.73 Å². The number of carboxylic acids is 1. The van der Waals surface area contributed by atoms with Gasteiger partial charge in [-0.1, -0.05) is 11.3 Å². The van der Waals surface area contributed by atoms with Gasteiger partial charge in [-0.2, -0.15) is 5.26 Å². The second-order valence-corrected chi connectivity index (χ2v) is 11.0. The predicted octanol–water partition coefficient (Wildman–Crippen LogP) is 1.64. The summed E-state index contributed by atoms with van der Waals surface area (Å²) >= 11 is -1.58. The normalized spacial score (nSPS) is 19.1. The summed E-state index contributed by atoms with van der Waals surface area (Å²) in [6.07, 6.45) is 5.02. The number of carbonyl (C=O) groups excluding carboxylic acids is 1. The number of carboxylic acid groups (broad SMARTS) is 1. The Morgan fingerprint density at radius 1 is 1.34 bits per heavy atom. The standard InChI is InChI=1S/C24H25N7O5S2/c25-12-16-10-17-14(3-5-27-21(17)26)9-15(16)11-19(23(33)34)30-8-4-18(22(30)32)31(38(35)36)20-13-28-24(37-20)29-6-1-2-7-29/h3,5,9-10,13,18-19H,1-2,4,6-8,11H2,(H2,26,27)(H,33,34)(H,35,36)/p-1/t18-,19+/m0/s1. The lowest BCUT2D eigenvalue weighted by Gasteiger charge is -2.30. The Balaban J connectivity index is 1.41. The zero-order chi connectivity index (χ0) is 27.0. The number of aromatic nitrogens is 2. The number of thiazole rings is 1. The highest BCUT2D eigenvalue weighted by Gasteiger charge is 2.43. The van der Waals surface area contributed by atoms with Crippen molar-refractivity contribution < 1.29 is 23.5 Å². The fourth-order valence-corrected chi connectivity index (χ4v) is 6.88. The number of fused-ring (bicyclic) bond motifs is 1. The van der Waals surface area contributed by atoms with Crippen molar-refractivity contribution in [2.45, 2.75) is 37.8 Å². The number of nitriles is 1. The molecule has 12 nitrogen and oxygen atoms in total. The van der Waals surface area contributed by atoms with Gasteiger partial charge >= 0.3 is 5.97 Å². The van der Waals surface area contributed by atoms with Gasteiger partial charge in [0.25, 0.3) is 0 Å². The Morgan fingerprint density at radius 2 is 2.11 bits per heavy atom. The van der Waals surface area contributed by atoms with E-state index in [1.165, 1.54) is 28.6 Å². The minimum absolute atomic E-state index is 0.0539. The molecule has 2 aliphatic heterocycles. The molecule has 3 N–H and O–H groups in total. The number of rotatable bonds is 8. The molecule has 2 aromatic heterocycles. The van der Waals surface area contributed by atoms with Crippen LogP contribution >= 0.6 is 11.3 Å². The number of nitrogen functional groups attached to an aromatic ring is 1. The second kappa shape index (κ2) is 10.5. The molecule has 3 atom stereocenters. The first-order chi connectivity index (χ1) is 18.3. The van der Waals surface area contributed by atoms with Crippen molar-refractivity contribution in [2.24, 2.45) is 0 Å². The van der Waals surface area contributed by atoms with Crippen LogP contribution in [0.3, 0.4) is 0 Å². The first-order valence-corrected chi connectivity index (χ1v) is 13.8. The maximum Gasteiger partial charge on any atom is 0.326 e. The lowest BCUT2D eigenvalue weighted by Crippen LogP contribution is -2.48. The molecular weight excluding hydrogens is 530 g/mol. The van der Waals surface area contributed by atoms with E-state index >= 15 is 0 Å². The zero-order valence-electron chi connectivity index (χ0n) is 20.1. The van der Waals surface area contributed by atoms with Gasteiger partial charge in [-0.3, -0.25) is 13.3 Å². The van der Waals surface area contributed by atoms with Crippen molar-refractivity contribution in [1.29, 1.82) is 5.26 Å². The highest BCUT2D eigenvalue weighted by Crippen LogP contribution is 2.36. The number of benzene rings is 1. The first-order valence-electron chi connectivity index (χ1n) is 12.0. The highest BCUT2D eigenvalue weighted by molar-refractivity contribution is 7.81. The number of hydrogen-bond donors (Lipinski definition) is 2. The summed E-state index contributed by atoms with van der Waals surface area (Å²) in [6.45, 7) is 1.73. The Kier molecular flexibility index (Phi) is 7.15. The summed E-state index contributed by atoms with van der Waals surface area (Å²) in [5, 5.41) is 22.0. The molecule has 0 bridgehead atoms. The Morgan fingerprint density at radius 3 is 2.79 bits per heavy atom. The van der Waals surface area contributed by atoms with Gasteiger partial charge in [-0.25, -0.2) is 14.8 Å². The topological polar surface area (TPSA) is 180 Å². The van der Waals surface area contributed by atoms with E-state index in [2.05, 4.69) is 20.9 Å². The summed E-state index contributed by atoms with van der Waals surface area (Å²) in [5.41, 5.74) is 6.59. The summed E-state index contributed by atoms with van der Waals surface area (Å²) in [5.74, 6) is -1.61. The van der Waals surface area contributed by atoms with Gasteiger partial charge in [0.15, 0.2) is 5.13 Å². The van der Waals surface area contributed by atoms with E-state index in [1.54, 1.807) is 18.2 Å². The van der Waals surface area contributed by atoms with Crippen molar-refractivity contribution in [3.05, 3.63) is 41.7 Å². The van der Waals surface area contributed by atoms with Gasteiger partial charge in [0, 0.05) is 48.9 Å². The monoisotopic (exact) mass is 554 g/mol. The molecule has 1 unspecified atom stereocenters. The molecule has 2 saturated heterocycles. The minimum Gasteiger partial charge on any atom is -0.755 e. The van der Waals surface area contributed by atoms with E-state index in [0.717, 1.165) is 30.2 Å². The molecule has 2 fully saturated rings. The molecule has 0 radical (unpaired) electrons. The number of nitrogens with zero attached hydrogens (tertiary/aromatic N) is 6. The van der Waals surface area contributed by atoms with Crippen molar-refractivity contribution in [3.8, 4) is 6.07 Å². The molecule has 2 aliphatic rings. The van der Waals surface area contributed by atoms with Gasteiger partial charge in [-0.05, 0) is 48.4 Å². The maximum absolute atomic E-state index is 13.5. The fourth-order valence-electron chi connectivity index (χ4n) is 5.06. The van der Waals surface area contributed by atoms with Crippen LogP contribution in [0.2, 0.25) is 0 Å². The van der Waals surface area contributed by atoms with Gasteiger partial charge in [0.05, 0.1) is 17.8 Å². The maximum atomic E-state index is 13.5. The van der Waals surface area contributed by atoms with Crippen molar-refractivity contribution >= 4 is 61.2 Å². The number of nitrogens with two attached hydrogens (primary N) is 1. The van der Waals surface area contributed by atoms with Crippen LogP contribution < -0.4 is 14.9 Å². The highest BCUT2D eigenvalue weighted by atomic mass is 32.2. The zero-order valence-corrected chi connectivity index (χ0v) is 21.8. The molecule has 5 rings (SSSR count). The summed E-state index contributed by atoms with van der Waals surface area (Å²) in [4.78, 5) is 37.4. The summed E-state index contributed by atoms with van der Waals surface area (Å²) in [7, 11) is 0. The average Bonchev–Trinajstić information content (AvgIpc) is 3.65. The summed E-state index contributed by atoms with van der Waals surface area (Å²) in [6, 6.07) is 4.64. The van der Waals surface area contributed by atoms with Crippen LogP contribution in [0, 0.1) is 11.3 Å². The second-order valence-electron chi connectivity index (χ2n) is 9.15. The largest absolute Gasteiger partial charge is 0.755 e. The molecule has 14 heteroatoms. The number of amides is 1. The quantitative estimate of drug-likeness (QED) is 0.389. The number of carbonyl (C=O) groups is 2. The van der Waals surface area contributed by atoms with E-state index in [0.29, 0.717) is 26.5 Å². The van der Waals surface area contributed by atoms with Gasteiger partial charge in [0.1, 0.15) is 22.9 Å². The van der Waals surface area contributed by atoms with Gasteiger partial charge < -0.3 is 25.2 Å². The molecule has 0 saturated carbocycles. The molecule has 0 aliphatic carbocycles. The lowest BCUT2D eigenvalue weighted by molar-refractivity contribution is -0.148. The van der Waals surface area contributed by atoms with Crippen molar-refractivity contribution in [3.63, 3.8) is 0 Å². The third kappa shape index (κ3) is 4.75. The van der Waals surface area contributed by atoms with E-state index in [1.807, 2.05) is 0 Å². The molecule has 1 aromatic carbocycles. The molecular formula is C24H24N7O5S2-. The van der Waals surface area contributed by atoms with E-state index in [9.17, 15) is 28.7 Å². The van der Waals surface area contributed by atoms with Gasteiger partial charge in [-0.15, -0.1) is 0 Å². The Hall–Kier alpha value is -3.80. The number of likely N-dealkylation sites (tertiary alicyclic amines) is 1. The van der Waals surface area contributed by atoms with Crippen LogP contribution in [-0.4, -0.2) is 72.3 Å². The van der Waals surface area contributed by atoms with Gasteiger partial charge in [0.2, 0.25) is 5.91 Å². The molecule has 0 spiro atoms. The van der Waals surface area contributed by atoms with Crippen LogP contribution in [0.1, 0.15) is 30.4 Å². The molecule has 3 aromatic rings. The van der Waals surface area contributed by atoms with Crippen LogP contribution in [0.5, 0.6) is 0 Å². The third-order valence-electron chi connectivity index (χ3n) is 6.94. The molecule has 198 valence electrons. The minimum atomic E-state index is -2.77. The Labute approximate surface area is 224 Å². The van der Waals surface area contributed by atoms with Crippen LogP contribution in [-0.2, 0) is 27.3 Å². The Bertz CT molecular complexity index is 1470. The van der Waals surface area contributed by atoms with E-state index < -0.39 is 35.2 Å². The van der Waals surface area contributed by atoms with Crippen molar-refractivity contribution in [1.82, 2.24) is 14.9 Å². The summed E-state index contributed by atoms with van der Waals surface area (Å²) < 4.78 is 25.5. The van der Waals surface area contributed by atoms with Crippen molar-refractivity contribution in [2.75, 3.05) is 34.6 Å². The SMILES string of the molecule is N#Cc1cc2c(N)nccc2cc1C[C@H](C(=O)O)N1CC[C@H](N(c2cnc(N3CCCC3)s2)S(=O)[O-])C1=O. The number of pyridine rings is 1. The molecule has 38 heavy (non-hydrogen) atoms. The van der Waals surface area contributed by atoms with Crippen LogP contribution in [0.15, 0.2) is 30.6 Å². The fraction of sp³-hybridized carbons (Fsp3) is 0.375. The number of anilines is 3. The smallest absolute Gasteiger partial charge is 0.326 e. The van der Waals surface area contributed by atoms with Crippen LogP contribution in [0.25, 0.3) is 10.8 Å². The predicted molar refractivity (Wildman–Crippen MR) is 141 cm³/mol.